The highest BCUT2D eigenvalue weighted by Gasteiger charge is 2.31. The van der Waals surface area contributed by atoms with Gasteiger partial charge in [0.1, 0.15) is 0 Å². The normalized spacial score (nSPS) is 18.4. The Bertz CT molecular complexity index is 744. The monoisotopic (exact) mass is 325 g/mol. The lowest BCUT2D eigenvalue weighted by Gasteiger charge is -2.34. The van der Waals surface area contributed by atoms with Crippen molar-refractivity contribution in [2.45, 2.75) is 25.9 Å². The van der Waals surface area contributed by atoms with E-state index in [9.17, 15) is 9.59 Å². The Balaban J connectivity index is 1.76. The Morgan fingerprint density at radius 1 is 1.25 bits per heavy atom. The second kappa shape index (κ2) is 7.45. The summed E-state index contributed by atoms with van der Waals surface area (Å²) in [6.45, 7) is 4.51. The molecule has 1 heterocycles. The molecule has 0 bridgehead atoms. The molecule has 0 aliphatic carbocycles. The van der Waals surface area contributed by atoms with E-state index in [4.69, 9.17) is 0 Å². The molecule has 0 saturated carbocycles. The summed E-state index contributed by atoms with van der Waals surface area (Å²) in [5, 5.41) is 8.04. The summed E-state index contributed by atoms with van der Waals surface area (Å²) < 4.78 is 0. The van der Waals surface area contributed by atoms with Gasteiger partial charge >= 0.3 is 0 Å². The molecular weight excluding hydrogens is 302 g/mol. The van der Waals surface area contributed by atoms with Gasteiger partial charge in [-0.1, -0.05) is 36.4 Å². The molecule has 1 aliphatic rings. The van der Waals surface area contributed by atoms with Crippen molar-refractivity contribution in [3.63, 3.8) is 0 Å². The van der Waals surface area contributed by atoms with Crippen molar-refractivity contribution in [1.29, 1.82) is 0 Å². The van der Waals surface area contributed by atoms with Gasteiger partial charge in [-0.25, -0.2) is 0 Å². The zero-order valence-corrected chi connectivity index (χ0v) is 13.9. The number of nitrogens with one attached hydrogen (secondary N) is 2. The van der Waals surface area contributed by atoms with Crippen molar-refractivity contribution in [2.24, 2.45) is 0 Å². The van der Waals surface area contributed by atoms with E-state index in [1.807, 2.05) is 19.1 Å². The number of fused-ring (bicyclic) bond motifs is 1. The predicted octanol–water partition coefficient (Wildman–Crippen LogP) is 1.67. The standard InChI is InChI=1S/C19H23N3O2/c1-2-20-18(23)12-17-19(24)21-9-10-22(17)13-14-7-8-15-5-3-4-6-16(15)11-14/h3-8,11,17H,2,9-10,12-13H2,1H3,(H,20,23)(H,21,24)/t17-/m0/s1. The van der Waals surface area contributed by atoms with E-state index < -0.39 is 6.04 Å². The lowest BCUT2D eigenvalue weighted by Crippen LogP contribution is -2.56. The first-order valence-corrected chi connectivity index (χ1v) is 8.43. The van der Waals surface area contributed by atoms with Crippen molar-refractivity contribution in [3.8, 4) is 0 Å². The molecule has 1 saturated heterocycles. The minimum atomic E-state index is -0.406. The van der Waals surface area contributed by atoms with E-state index in [1.165, 1.54) is 10.8 Å². The van der Waals surface area contributed by atoms with Crippen LogP contribution in [-0.4, -0.2) is 42.4 Å². The Morgan fingerprint density at radius 2 is 2.04 bits per heavy atom. The minimum absolute atomic E-state index is 0.0618. The van der Waals surface area contributed by atoms with E-state index in [2.05, 4.69) is 45.9 Å². The number of amides is 2. The number of benzene rings is 2. The van der Waals surface area contributed by atoms with Crippen molar-refractivity contribution < 1.29 is 9.59 Å². The van der Waals surface area contributed by atoms with Crippen molar-refractivity contribution in [3.05, 3.63) is 48.0 Å². The first-order chi connectivity index (χ1) is 11.7. The van der Waals surface area contributed by atoms with Gasteiger partial charge in [0.05, 0.1) is 12.5 Å². The van der Waals surface area contributed by atoms with Crippen molar-refractivity contribution in [1.82, 2.24) is 15.5 Å². The number of hydrogen-bond acceptors (Lipinski definition) is 3. The molecule has 5 heteroatoms. The summed E-state index contributed by atoms with van der Waals surface area (Å²) in [5.74, 6) is -0.142. The molecule has 0 radical (unpaired) electrons. The van der Waals surface area contributed by atoms with E-state index in [1.54, 1.807) is 0 Å². The Hall–Kier alpha value is -2.40. The van der Waals surface area contributed by atoms with Crippen LogP contribution < -0.4 is 10.6 Å². The van der Waals surface area contributed by atoms with E-state index >= 15 is 0 Å². The summed E-state index contributed by atoms with van der Waals surface area (Å²) in [6, 6.07) is 14.2. The average molecular weight is 325 g/mol. The van der Waals surface area contributed by atoms with E-state index in [0.717, 1.165) is 12.1 Å². The minimum Gasteiger partial charge on any atom is -0.356 e. The van der Waals surface area contributed by atoms with Gasteiger partial charge in [-0.05, 0) is 29.3 Å². The smallest absolute Gasteiger partial charge is 0.237 e. The molecule has 1 aliphatic heterocycles. The highest BCUT2D eigenvalue weighted by molar-refractivity contribution is 5.89. The SMILES string of the molecule is CCNC(=O)C[C@H]1C(=O)NCCN1Cc1ccc2ccccc2c1. The molecule has 0 unspecified atom stereocenters. The number of carbonyl (C=O) groups excluding carboxylic acids is 2. The van der Waals surface area contributed by atoms with Gasteiger partial charge in [-0.3, -0.25) is 14.5 Å². The third-order valence-electron chi connectivity index (χ3n) is 4.39. The Labute approximate surface area is 142 Å². The van der Waals surface area contributed by atoms with Crippen LogP contribution >= 0.6 is 0 Å². The molecule has 5 nitrogen and oxygen atoms in total. The first kappa shape index (κ1) is 16.5. The Kier molecular flexibility index (Phi) is 5.11. The zero-order chi connectivity index (χ0) is 16.9. The molecule has 0 aromatic heterocycles. The molecule has 1 atom stereocenters. The molecule has 2 N–H and O–H groups in total. The van der Waals surface area contributed by atoms with E-state index in [-0.39, 0.29) is 18.2 Å². The number of piperazine rings is 1. The van der Waals surface area contributed by atoms with Gasteiger partial charge in [0.15, 0.2) is 0 Å². The number of rotatable bonds is 5. The van der Waals surface area contributed by atoms with Gasteiger partial charge < -0.3 is 10.6 Å². The fourth-order valence-electron chi connectivity index (χ4n) is 3.19. The van der Waals surface area contributed by atoms with Crippen molar-refractivity contribution in [2.75, 3.05) is 19.6 Å². The predicted molar refractivity (Wildman–Crippen MR) is 94.5 cm³/mol. The second-order valence-electron chi connectivity index (χ2n) is 6.12. The molecule has 3 rings (SSSR count). The van der Waals surface area contributed by atoms with Crippen LogP contribution in [0.1, 0.15) is 18.9 Å². The molecule has 1 fully saturated rings. The summed E-state index contributed by atoms with van der Waals surface area (Å²) in [7, 11) is 0. The van der Waals surface area contributed by atoms with Crippen LogP contribution in [0.25, 0.3) is 10.8 Å². The molecule has 126 valence electrons. The summed E-state index contributed by atoms with van der Waals surface area (Å²) >= 11 is 0. The zero-order valence-electron chi connectivity index (χ0n) is 13.9. The maximum Gasteiger partial charge on any atom is 0.237 e. The largest absolute Gasteiger partial charge is 0.356 e. The van der Waals surface area contributed by atoms with Crippen molar-refractivity contribution >= 4 is 22.6 Å². The number of nitrogens with zero attached hydrogens (tertiary/aromatic N) is 1. The topological polar surface area (TPSA) is 61.4 Å². The number of hydrogen-bond donors (Lipinski definition) is 2. The van der Waals surface area contributed by atoms with Gasteiger partial charge in [0.25, 0.3) is 0 Å². The van der Waals surface area contributed by atoms with Crippen LogP contribution in [0.3, 0.4) is 0 Å². The lowest BCUT2D eigenvalue weighted by molar-refractivity contribution is -0.134. The third-order valence-corrected chi connectivity index (χ3v) is 4.39. The van der Waals surface area contributed by atoms with Crippen LogP contribution in [0, 0.1) is 0 Å². The molecule has 2 amide bonds. The van der Waals surface area contributed by atoms with Gasteiger partial charge in [-0.15, -0.1) is 0 Å². The molecular formula is C19H23N3O2. The Morgan fingerprint density at radius 3 is 2.83 bits per heavy atom. The maximum atomic E-state index is 12.2. The van der Waals surface area contributed by atoms with Crippen LogP contribution in [0.4, 0.5) is 0 Å². The van der Waals surface area contributed by atoms with Crippen LogP contribution in [0.15, 0.2) is 42.5 Å². The number of carbonyl (C=O) groups is 2. The van der Waals surface area contributed by atoms with Crippen LogP contribution in [-0.2, 0) is 16.1 Å². The average Bonchev–Trinajstić information content (AvgIpc) is 2.58. The first-order valence-electron chi connectivity index (χ1n) is 8.43. The van der Waals surface area contributed by atoms with Gasteiger partial charge in [0, 0.05) is 26.2 Å². The molecule has 2 aromatic rings. The molecule has 2 aromatic carbocycles. The fraction of sp³-hybridized carbons (Fsp3) is 0.368. The fourth-order valence-corrected chi connectivity index (χ4v) is 3.19. The summed E-state index contributed by atoms with van der Waals surface area (Å²) in [5.41, 5.74) is 1.16. The highest BCUT2D eigenvalue weighted by Crippen LogP contribution is 2.19. The van der Waals surface area contributed by atoms with Gasteiger partial charge in [0.2, 0.25) is 11.8 Å². The maximum absolute atomic E-state index is 12.2. The highest BCUT2D eigenvalue weighted by atomic mass is 16.2. The molecule has 0 spiro atoms. The van der Waals surface area contributed by atoms with Gasteiger partial charge in [-0.2, -0.15) is 0 Å². The van der Waals surface area contributed by atoms with Crippen LogP contribution in [0.2, 0.25) is 0 Å². The summed E-state index contributed by atoms with van der Waals surface area (Å²) in [4.78, 5) is 26.2. The lowest BCUT2D eigenvalue weighted by atomic mass is 10.0. The molecule has 24 heavy (non-hydrogen) atoms. The third kappa shape index (κ3) is 3.74. The summed E-state index contributed by atoms with van der Waals surface area (Å²) in [6.07, 6.45) is 0.202. The second-order valence-corrected chi connectivity index (χ2v) is 6.12. The quantitative estimate of drug-likeness (QED) is 0.879. The van der Waals surface area contributed by atoms with E-state index in [0.29, 0.717) is 19.6 Å². The van der Waals surface area contributed by atoms with Crippen LogP contribution in [0.5, 0.6) is 0 Å².